The van der Waals surface area contributed by atoms with Crippen LogP contribution in [0.2, 0.25) is 0 Å². The number of ether oxygens (including phenoxy) is 1. The smallest absolute Gasteiger partial charge is 0.0593 e. The molecule has 0 aliphatic carbocycles. The summed E-state index contributed by atoms with van der Waals surface area (Å²) in [6.07, 6.45) is 4.16. The van der Waals surface area contributed by atoms with Crippen molar-refractivity contribution in [3.05, 3.63) is 0 Å². The van der Waals surface area contributed by atoms with E-state index in [0.29, 0.717) is 5.41 Å². The molecule has 0 saturated carbocycles. The summed E-state index contributed by atoms with van der Waals surface area (Å²) in [7, 11) is 0. The lowest BCUT2D eigenvalue weighted by Gasteiger charge is -2.38. The molecule has 0 aromatic carbocycles. The molecule has 15 heavy (non-hydrogen) atoms. The molecule has 3 heteroatoms. The van der Waals surface area contributed by atoms with E-state index in [4.69, 9.17) is 4.74 Å². The summed E-state index contributed by atoms with van der Waals surface area (Å²) in [6.45, 7) is 9.98. The van der Waals surface area contributed by atoms with Gasteiger partial charge in [0.1, 0.15) is 0 Å². The molecule has 0 bridgehead atoms. The van der Waals surface area contributed by atoms with E-state index in [1.54, 1.807) is 0 Å². The van der Waals surface area contributed by atoms with Crippen LogP contribution in [-0.2, 0) is 4.74 Å². The van der Waals surface area contributed by atoms with Crippen molar-refractivity contribution in [1.82, 2.24) is 10.2 Å². The molecule has 0 unspecified atom stereocenters. The minimum absolute atomic E-state index is 0.655. The minimum Gasteiger partial charge on any atom is -0.380 e. The molecule has 0 amide bonds. The second-order valence-electron chi connectivity index (χ2n) is 4.97. The number of nitrogens with one attached hydrogen (secondary N) is 1. The first-order valence-electron chi connectivity index (χ1n) is 6.35. The molecule has 1 spiro atoms. The van der Waals surface area contributed by atoms with Crippen LogP contribution in [0.25, 0.3) is 0 Å². The van der Waals surface area contributed by atoms with Crippen LogP contribution in [0, 0.1) is 5.41 Å². The van der Waals surface area contributed by atoms with E-state index >= 15 is 0 Å². The Labute approximate surface area is 93.2 Å². The van der Waals surface area contributed by atoms with Crippen LogP contribution in [0.15, 0.2) is 0 Å². The van der Waals surface area contributed by atoms with Crippen LogP contribution in [0.1, 0.15) is 26.2 Å². The zero-order valence-electron chi connectivity index (χ0n) is 9.93. The summed E-state index contributed by atoms with van der Waals surface area (Å²) in [5.41, 5.74) is 0.655. The molecule has 2 aliphatic heterocycles. The number of likely N-dealkylation sites (tertiary alicyclic amines) is 1. The topological polar surface area (TPSA) is 24.5 Å². The van der Waals surface area contributed by atoms with Crippen molar-refractivity contribution in [2.45, 2.75) is 26.2 Å². The Kier molecular flexibility index (Phi) is 4.00. The van der Waals surface area contributed by atoms with Gasteiger partial charge in [-0.25, -0.2) is 0 Å². The SMILES string of the molecule is CCOCCN1CCC2(CCNC2)CC1. The van der Waals surface area contributed by atoms with Gasteiger partial charge in [0.15, 0.2) is 0 Å². The minimum atomic E-state index is 0.655. The van der Waals surface area contributed by atoms with Gasteiger partial charge in [-0.05, 0) is 51.2 Å². The highest BCUT2D eigenvalue weighted by Gasteiger charge is 2.36. The second-order valence-corrected chi connectivity index (χ2v) is 4.97. The molecule has 0 radical (unpaired) electrons. The first-order valence-corrected chi connectivity index (χ1v) is 6.35. The second kappa shape index (κ2) is 5.28. The van der Waals surface area contributed by atoms with Crippen LogP contribution in [0.4, 0.5) is 0 Å². The van der Waals surface area contributed by atoms with Crippen molar-refractivity contribution in [2.75, 3.05) is 45.9 Å². The third kappa shape index (κ3) is 2.92. The van der Waals surface area contributed by atoms with Gasteiger partial charge >= 0.3 is 0 Å². The Balaban J connectivity index is 1.67. The number of piperidine rings is 1. The highest BCUT2D eigenvalue weighted by atomic mass is 16.5. The zero-order chi connectivity index (χ0) is 10.6. The predicted octanol–water partition coefficient (Wildman–Crippen LogP) is 1.10. The predicted molar refractivity (Wildman–Crippen MR) is 62.1 cm³/mol. The van der Waals surface area contributed by atoms with Crippen LogP contribution >= 0.6 is 0 Å². The van der Waals surface area contributed by atoms with Gasteiger partial charge in [-0.1, -0.05) is 0 Å². The number of hydrogen-bond acceptors (Lipinski definition) is 3. The normalized spacial score (nSPS) is 26.2. The zero-order valence-corrected chi connectivity index (χ0v) is 9.93. The van der Waals surface area contributed by atoms with Crippen LogP contribution in [0.5, 0.6) is 0 Å². The van der Waals surface area contributed by atoms with Gasteiger partial charge in [0, 0.05) is 19.7 Å². The molecule has 0 aromatic heterocycles. The van der Waals surface area contributed by atoms with E-state index in [1.165, 1.54) is 45.4 Å². The maximum atomic E-state index is 5.40. The molecule has 1 N–H and O–H groups in total. The van der Waals surface area contributed by atoms with Crippen molar-refractivity contribution in [3.8, 4) is 0 Å². The Hall–Kier alpha value is -0.120. The summed E-state index contributed by atoms with van der Waals surface area (Å²) < 4.78 is 5.40. The Morgan fingerprint density at radius 1 is 1.27 bits per heavy atom. The summed E-state index contributed by atoms with van der Waals surface area (Å²) in [5, 5.41) is 3.51. The largest absolute Gasteiger partial charge is 0.380 e. The van der Waals surface area contributed by atoms with Crippen molar-refractivity contribution in [1.29, 1.82) is 0 Å². The molecule has 2 saturated heterocycles. The number of hydrogen-bond donors (Lipinski definition) is 1. The van der Waals surface area contributed by atoms with Crippen molar-refractivity contribution >= 4 is 0 Å². The van der Waals surface area contributed by atoms with Gasteiger partial charge in [0.05, 0.1) is 6.61 Å². The van der Waals surface area contributed by atoms with Gasteiger partial charge in [-0.2, -0.15) is 0 Å². The maximum Gasteiger partial charge on any atom is 0.0593 e. The van der Waals surface area contributed by atoms with E-state index in [0.717, 1.165) is 19.8 Å². The maximum absolute atomic E-state index is 5.40. The Morgan fingerprint density at radius 2 is 2.07 bits per heavy atom. The third-order valence-corrected chi connectivity index (χ3v) is 4.00. The van der Waals surface area contributed by atoms with Gasteiger partial charge in [0.2, 0.25) is 0 Å². The first kappa shape index (κ1) is 11.4. The van der Waals surface area contributed by atoms with E-state index in [-0.39, 0.29) is 0 Å². The van der Waals surface area contributed by atoms with Crippen molar-refractivity contribution in [3.63, 3.8) is 0 Å². The van der Waals surface area contributed by atoms with Crippen LogP contribution in [-0.4, -0.2) is 50.8 Å². The van der Waals surface area contributed by atoms with Gasteiger partial charge in [-0.15, -0.1) is 0 Å². The highest BCUT2D eigenvalue weighted by molar-refractivity contribution is 4.92. The molecule has 2 aliphatic rings. The molecular formula is C12H24N2O. The van der Waals surface area contributed by atoms with Crippen LogP contribution < -0.4 is 5.32 Å². The quantitative estimate of drug-likeness (QED) is 0.706. The molecule has 3 nitrogen and oxygen atoms in total. The number of nitrogens with zero attached hydrogens (tertiary/aromatic N) is 1. The monoisotopic (exact) mass is 212 g/mol. The third-order valence-electron chi connectivity index (χ3n) is 4.00. The van der Waals surface area contributed by atoms with Crippen molar-refractivity contribution in [2.24, 2.45) is 5.41 Å². The summed E-state index contributed by atoms with van der Waals surface area (Å²) in [4.78, 5) is 2.55. The molecule has 0 aromatic rings. The summed E-state index contributed by atoms with van der Waals surface area (Å²) >= 11 is 0. The Morgan fingerprint density at radius 3 is 2.67 bits per heavy atom. The van der Waals surface area contributed by atoms with Gasteiger partial charge < -0.3 is 15.0 Å². The Bertz CT molecular complexity index is 180. The van der Waals surface area contributed by atoms with E-state index in [9.17, 15) is 0 Å². The lowest BCUT2D eigenvalue weighted by Crippen LogP contribution is -2.42. The lowest BCUT2D eigenvalue weighted by atomic mass is 9.78. The standard InChI is InChI=1S/C12H24N2O/c1-2-15-10-9-14-7-4-12(5-8-14)3-6-13-11-12/h13H,2-11H2,1H3. The van der Waals surface area contributed by atoms with E-state index in [1.807, 2.05) is 0 Å². The summed E-state index contributed by atoms with van der Waals surface area (Å²) in [5.74, 6) is 0. The number of rotatable bonds is 4. The fourth-order valence-electron chi connectivity index (χ4n) is 2.81. The lowest BCUT2D eigenvalue weighted by molar-refractivity contribution is 0.0736. The average molecular weight is 212 g/mol. The molecule has 88 valence electrons. The average Bonchev–Trinajstić information content (AvgIpc) is 2.71. The highest BCUT2D eigenvalue weighted by Crippen LogP contribution is 2.36. The van der Waals surface area contributed by atoms with E-state index < -0.39 is 0 Å². The molecule has 2 rings (SSSR count). The molecule has 2 fully saturated rings. The summed E-state index contributed by atoms with van der Waals surface area (Å²) in [6, 6.07) is 0. The molecule has 2 heterocycles. The molecule has 0 atom stereocenters. The van der Waals surface area contributed by atoms with Crippen molar-refractivity contribution < 1.29 is 4.74 Å². The fraction of sp³-hybridized carbons (Fsp3) is 1.00. The molecular weight excluding hydrogens is 188 g/mol. The fourth-order valence-corrected chi connectivity index (χ4v) is 2.81. The van der Waals surface area contributed by atoms with Gasteiger partial charge in [0.25, 0.3) is 0 Å². The van der Waals surface area contributed by atoms with E-state index in [2.05, 4.69) is 17.1 Å². The van der Waals surface area contributed by atoms with Crippen LogP contribution in [0.3, 0.4) is 0 Å². The first-order chi connectivity index (χ1) is 7.35. The van der Waals surface area contributed by atoms with Gasteiger partial charge in [-0.3, -0.25) is 0 Å².